The number of hydrogen-bond acceptors (Lipinski definition) is 2. The topological polar surface area (TPSA) is 33.0 Å². The van der Waals surface area contributed by atoms with Crippen molar-refractivity contribution in [1.82, 2.24) is 0 Å². The van der Waals surface area contributed by atoms with Crippen LogP contribution < -0.4 is 0 Å². The van der Waals surface area contributed by atoms with Crippen LogP contribution in [-0.4, -0.2) is 10.2 Å². The van der Waals surface area contributed by atoms with Gasteiger partial charge in [-0.3, -0.25) is 0 Å². The summed E-state index contributed by atoms with van der Waals surface area (Å²) in [6, 6.07) is 10.2. The number of halogens is 1. The van der Waals surface area contributed by atoms with E-state index in [1.807, 2.05) is 12.1 Å². The normalized spacial score (nSPS) is 25.4. The number of ether oxygens (including phenoxy) is 1. The minimum atomic E-state index is 0.305. The molecule has 1 atom stereocenters. The van der Waals surface area contributed by atoms with Gasteiger partial charge in [0.2, 0.25) is 0 Å². The van der Waals surface area contributed by atoms with E-state index in [9.17, 15) is 0 Å². The number of benzene rings is 1. The van der Waals surface area contributed by atoms with Crippen molar-refractivity contribution in [1.29, 1.82) is 5.26 Å². The molecule has 0 radical (unpaired) electrons. The third kappa shape index (κ3) is 3.69. The van der Waals surface area contributed by atoms with Crippen LogP contribution in [0, 0.1) is 11.3 Å². The molecule has 1 aromatic rings. The summed E-state index contributed by atoms with van der Waals surface area (Å²) in [5.41, 5.74) is 2.12. The lowest BCUT2D eigenvalue weighted by Crippen LogP contribution is -2.22. The Hall–Kier alpha value is -0.600. The van der Waals surface area contributed by atoms with Crippen molar-refractivity contribution in [2.45, 2.75) is 48.7 Å². The van der Waals surface area contributed by atoms with E-state index in [2.05, 4.69) is 47.7 Å². The van der Waals surface area contributed by atoms with Crippen LogP contribution in [-0.2, 0) is 4.74 Å². The second-order valence-corrected chi connectivity index (χ2v) is 6.64. The molecule has 1 aliphatic rings. The molecule has 1 aliphatic carbocycles. The lowest BCUT2D eigenvalue weighted by molar-refractivity contribution is 0.0236. The van der Waals surface area contributed by atoms with Crippen molar-refractivity contribution in [3.05, 3.63) is 35.4 Å². The number of rotatable bonds is 3. The molecule has 96 valence electrons. The van der Waals surface area contributed by atoms with E-state index in [1.165, 1.54) is 18.4 Å². The molecule has 0 spiro atoms. The Balaban J connectivity index is 1.91. The summed E-state index contributed by atoms with van der Waals surface area (Å²) in [6.07, 6.45) is 5.13. The molecule has 2 nitrogen and oxygen atoms in total. The molecule has 0 aromatic heterocycles. The highest BCUT2D eigenvalue weighted by molar-refractivity contribution is 14.1. The van der Waals surface area contributed by atoms with E-state index in [4.69, 9.17) is 10.00 Å². The Kier molecular flexibility index (Phi) is 5.02. The van der Waals surface area contributed by atoms with E-state index < -0.39 is 0 Å². The Bertz CT molecular complexity index is 413. The van der Waals surface area contributed by atoms with Gasteiger partial charge in [0.05, 0.1) is 17.7 Å². The van der Waals surface area contributed by atoms with Crippen molar-refractivity contribution in [3.8, 4) is 6.07 Å². The molecule has 1 aromatic carbocycles. The van der Waals surface area contributed by atoms with Crippen molar-refractivity contribution < 1.29 is 4.74 Å². The highest BCUT2D eigenvalue weighted by Crippen LogP contribution is 2.34. The average Bonchev–Trinajstić information content (AvgIpc) is 2.39. The Labute approximate surface area is 122 Å². The lowest BCUT2D eigenvalue weighted by atomic mass is 9.82. The Morgan fingerprint density at radius 3 is 2.33 bits per heavy atom. The fraction of sp³-hybridized carbons (Fsp3) is 0.533. The van der Waals surface area contributed by atoms with Gasteiger partial charge in [-0.25, -0.2) is 0 Å². The van der Waals surface area contributed by atoms with Crippen LogP contribution in [0.2, 0.25) is 0 Å². The van der Waals surface area contributed by atoms with Gasteiger partial charge in [-0.05, 0) is 56.2 Å². The fourth-order valence-electron chi connectivity index (χ4n) is 2.63. The van der Waals surface area contributed by atoms with Crippen LogP contribution in [0.15, 0.2) is 24.3 Å². The number of hydrogen-bond donors (Lipinski definition) is 0. The quantitative estimate of drug-likeness (QED) is 0.595. The van der Waals surface area contributed by atoms with Crippen molar-refractivity contribution in [3.63, 3.8) is 0 Å². The molecular weight excluding hydrogens is 337 g/mol. The maximum Gasteiger partial charge on any atom is 0.106 e. The highest BCUT2D eigenvalue weighted by Gasteiger charge is 2.23. The summed E-state index contributed by atoms with van der Waals surface area (Å²) >= 11 is 2.32. The van der Waals surface area contributed by atoms with Gasteiger partial charge in [0.15, 0.2) is 0 Å². The fourth-order valence-corrected chi connectivity index (χ4v) is 3.04. The van der Waals surface area contributed by atoms with Gasteiger partial charge in [0, 0.05) is 0 Å². The molecule has 1 saturated carbocycles. The SMILES string of the molecule is C[C@H](I)OC1CCC(c2ccc(C#N)cc2)CC1. The zero-order chi connectivity index (χ0) is 13.0. The first-order valence-electron chi connectivity index (χ1n) is 6.48. The molecule has 0 bridgehead atoms. The third-order valence-corrected chi connectivity index (χ3v) is 3.86. The standard InChI is InChI=1S/C15H18INO/c1-11(16)18-15-8-6-14(7-9-15)13-4-2-12(10-17)3-5-13/h2-5,11,14-15H,6-9H2,1H3/t11-,14?,15?/m1/s1. The largest absolute Gasteiger partial charge is 0.365 e. The second kappa shape index (κ2) is 6.53. The van der Waals surface area contributed by atoms with Crippen LogP contribution in [0.5, 0.6) is 0 Å². The van der Waals surface area contributed by atoms with E-state index in [0.717, 1.165) is 18.4 Å². The summed E-state index contributed by atoms with van der Waals surface area (Å²) in [5, 5.41) is 8.79. The molecule has 0 N–H and O–H groups in total. The molecule has 2 rings (SSSR count). The van der Waals surface area contributed by atoms with Gasteiger partial charge in [0.25, 0.3) is 0 Å². The van der Waals surface area contributed by atoms with Crippen LogP contribution in [0.25, 0.3) is 0 Å². The molecule has 0 amide bonds. The van der Waals surface area contributed by atoms with Crippen molar-refractivity contribution >= 4 is 22.6 Å². The smallest absolute Gasteiger partial charge is 0.106 e. The number of nitriles is 1. The van der Waals surface area contributed by atoms with Gasteiger partial charge >= 0.3 is 0 Å². The molecular formula is C15H18INO. The van der Waals surface area contributed by atoms with Crippen LogP contribution >= 0.6 is 22.6 Å². The monoisotopic (exact) mass is 355 g/mol. The van der Waals surface area contributed by atoms with Gasteiger partial charge in [-0.1, -0.05) is 34.7 Å². The zero-order valence-corrected chi connectivity index (χ0v) is 12.8. The molecule has 0 unspecified atom stereocenters. The Morgan fingerprint density at radius 1 is 1.22 bits per heavy atom. The van der Waals surface area contributed by atoms with Gasteiger partial charge in [-0.15, -0.1) is 0 Å². The lowest BCUT2D eigenvalue weighted by Gasteiger charge is -2.29. The van der Waals surface area contributed by atoms with Crippen LogP contribution in [0.1, 0.15) is 49.7 Å². The maximum atomic E-state index is 8.79. The zero-order valence-electron chi connectivity index (χ0n) is 10.6. The van der Waals surface area contributed by atoms with Crippen LogP contribution in [0.3, 0.4) is 0 Å². The minimum absolute atomic E-state index is 0.305. The minimum Gasteiger partial charge on any atom is -0.365 e. The van der Waals surface area contributed by atoms with E-state index >= 15 is 0 Å². The molecule has 0 heterocycles. The molecule has 3 heteroatoms. The molecule has 18 heavy (non-hydrogen) atoms. The summed E-state index contributed by atoms with van der Waals surface area (Å²) in [7, 11) is 0. The summed E-state index contributed by atoms with van der Waals surface area (Å²) in [5.74, 6) is 0.641. The summed E-state index contributed by atoms with van der Waals surface area (Å²) in [4.78, 5) is 0. The molecule has 1 fully saturated rings. The van der Waals surface area contributed by atoms with Crippen LogP contribution in [0.4, 0.5) is 0 Å². The third-order valence-electron chi connectivity index (χ3n) is 3.57. The van der Waals surface area contributed by atoms with Gasteiger partial charge < -0.3 is 4.74 Å². The first-order chi connectivity index (χ1) is 8.69. The van der Waals surface area contributed by atoms with E-state index in [1.54, 1.807) is 0 Å². The summed E-state index contributed by atoms with van der Waals surface area (Å²) < 4.78 is 6.16. The number of nitrogens with zero attached hydrogens (tertiary/aromatic N) is 1. The second-order valence-electron chi connectivity index (χ2n) is 4.89. The first-order valence-corrected chi connectivity index (χ1v) is 7.73. The first kappa shape index (κ1) is 13.8. The average molecular weight is 355 g/mol. The highest BCUT2D eigenvalue weighted by atomic mass is 127. The van der Waals surface area contributed by atoms with E-state index in [0.29, 0.717) is 16.1 Å². The Morgan fingerprint density at radius 2 is 1.83 bits per heavy atom. The van der Waals surface area contributed by atoms with Gasteiger partial charge in [-0.2, -0.15) is 5.26 Å². The van der Waals surface area contributed by atoms with Gasteiger partial charge in [0.1, 0.15) is 4.11 Å². The predicted octanol–water partition coefficient (Wildman–Crippen LogP) is 4.38. The van der Waals surface area contributed by atoms with Crippen molar-refractivity contribution in [2.75, 3.05) is 0 Å². The predicted molar refractivity (Wildman–Crippen MR) is 80.7 cm³/mol. The summed E-state index contributed by atoms with van der Waals surface area (Å²) in [6.45, 7) is 2.09. The molecule has 0 saturated heterocycles. The van der Waals surface area contributed by atoms with Crippen molar-refractivity contribution in [2.24, 2.45) is 0 Å². The molecule has 0 aliphatic heterocycles. The maximum absolute atomic E-state index is 8.79. The van der Waals surface area contributed by atoms with E-state index in [-0.39, 0.29) is 0 Å². The number of alkyl halides is 1.